The van der Waals surface area contributed by atoms with Crippen molar-refractivity contribution in [3.63, 3.8) is 0 Å². The van der Waals surface area contributed by atoms with Gasteiger partial charge in [-0.15, -0.1) is 0 Å². The minimum atomic E-state index is -3.90. The average Bonchev–Trinajstić information content (AvgIpc) is 2.59. The number of nitrogens with one attached hydrogen (secondary N) is 2. The molecule has 140 valence electrons. The van der Waals surface area contributed by atoms with Gasteiger partial charge in [-0.25, -0.2) is 8.42 Å². The van der Waals surface area contributed by atoms with Crippen LogP contribution >= 0.6 is 34.8 Å². The van der Waals surface area contributed by atoms with Crippen molar-refractivity contribution >= 4 is 56.4 Å². The highest BCUT2D eigenvalue weighted by Gasteiger charge is 2.18. The molecule has 6 nitrogen and oxygen atoms in total. The molecule has 1 amide bonds. The summed E-state index contributed by atoms with van der Waals surface area (Å²) in [6.45, 7) is 1.58. The Bertz CT molecular complexity index is 918. The van der Waals surface area contributed by atoms with E-state index < -0.39 is 16.1 Å². The van der Waals surface area contributed by atoms with Crippen LogP contribution in [-0.4, -0.2) is 27.5 Å². The monoisotopic (exact) mass is 436 g/mol. The Kier molecular flexibility index (Phi) is 6.63. The molecule has 2 rings (SSSR count). The number of rotatable bonds is 6. The van der Waals surface area contributed by atoms with Crippen LogP contribution in [0, 0.1) is 0 Å². The normalized spacial score (nSPS) is 12.3. The summed E-state index contributed by atoms with van der Waals surface area (Å²) >= 11 is 17.7. The maximum absolute atomic E-state index is 12.5. The first kappa shape index (κ1) is 20.6. The van der Waals surface area contributed by atoms with Gasteiger partial charge in [0.1, 0.15) is 5.75 Å². The lowest BCUT2D eigenvalue weighted by Gasteiger charge is -2.14. The molecule has 0 aliphatic rings. The first-order valence-electron chi connectivity index (χ1n) is 7.29. The van der Waals surface area contributed by atoms with Gasteiger partial charge >= 0.3 is 0 Å². The maximum atomic E-state index is 12.5. The molecule has 0 aliphatic carbocycles. The molecule has 0 spiro atoms. The highest BCUT2D eigenvalue weighted by atomic mass is 35.5. The summed E-state index contributed by atoms with van der Waals surface area (Å²) < 4.78 is 32.7. The van der Waals surface area contributed by atoms with Gasteiger partial charge in [0.2, 0.25) is 0 Å². The molecule has 0 saturated heterocycles. The number of likely N-dealkylation sites (N-methyl/N-ethyl adjacent to an activating group) is 1. The van der Waals surface area contributed by atoms with Gasteiger partial charge in [0.15, 0.2) is 6.10 Å². The average molecular weight is 438 g/mol. The van der Waals surface area contributed by atoms with Crippen LogP contribution in [0.15, 0.2) is 41.3 Å². The predicted octanol–water partition coefficient (Wildman–Crippen LogP) is 3.96. The molecular weight excluding hydrogens is 423 g/mol. The quantitative estimate of drug-likeness (QED) is 0.670. The summed E-state index contributed by atoms with van der Waals surface area (Å²) in [6, 6.07) is 8.26. The fourth-order valence-corrected chi connectivity index (χ4v) is 3.68. The minimum Gasteiger partial charge on any atom is -0.481 e. The molecule has 0 radical (unpaired) electrons. The van der Waals surface area contributed by atoms with Gasteiger partial charge in [0, 0.05) is 7.05 Å². The SMILES string of the molecule is CNC(=O)[C@H](C)Oc1ccc(S(=O)(=O)Nc2cc(Cl)c(Cl)cc2Cl)cc1. The molecule has 0 unspecified atom stereocenters. The molecule has 0 fully saturated rings. The summed E-state index contributed by atoms with van der Waals surface area (Å²) in [6.07, 6.45) is -0.712. The van der Waals surface area contributed by atoms with Gasteiger partial charge in [0.05, 0.1) is 25.7 Å². The van der Waals surface area contributed by atoms with E-state index in [4.69, 9.17) is 39.5 Å². The molecule has 0 aromatic heterocycles. The third-order valence-electron chi connectivity index (χ3n) is 3.32. The molecule has 2 aromatic carbocycles. The fourth-order valence-electron chi connectivity index (χ4n) is 1.96. The number of carbonyl (C=O) groups excluding carboxylic acids is 1. The van der Waals surface area contributed by atoms with Gasteiger partial charge in [0.25, 0.3) is 15.9 Å². The lowest BCUT2D eigenvalue weighted by Crippen LogP contribution is -2.33. The Morgan fingerprint density at radius 3 is 2.19 bits per heavy atom. The van der Waals surface area contributed by atoms with Crippen LogP contribution in [0.5, 0.6) is 5.75 Å². The number of hydrogen-bond acceptors (Lipinski definition) is 4. The van der Waals surface area contributed by atoms with Crippen molar-refractivity contribution in [3.8, 4) is 5.75 Å². The van der Waals surface area contributed by atoms with Gasteiger partial charge in [-0.3, -0.25) is 9.52 Å². The van der Waals surface area contributed by atoms with E-state index in [0.29, 0.717) is 5.75 Å². The summed E-state index contributed by atoms with van der Waals surface area (Å²) in [7, 11) is -2.40. The second-order valence-corrected chi connectivity index (χ2v) is 8.10. The lowest BCUT2D eigenvalue weighted by atomic mass is 10.3. The van der Waals surface area contributed by atoms with Gasteiger partial charge in [-0.05, 0) is 43.3 Å². The van der Waals surface area contributed by atoms with E-state index >= 15 is 0 Å². The van der Waals surface area contributed by atoms with Crippen LogP contribution < -0.4 is 14.8 Å². The topological polar surface area (TPSA) is 84.5 Å². The lowest BCUT2D eigenvalue weighted by molar-refractivity contribution is -0.126. The molecule has 2 aromatic rings. The number of ether oxygens (including phenoxy) is 1. The first-order valence-corrected chi connectivity index (χ1v) is 9.91. The summed E-state index contributed by atoms with van der Waals surface area (Å²) in [5.74, 6) is 0.0604. The van der Waals surface area contributed by atoms with Crippen molar-refractivity contribution in [2.24, 2.45) is 0 Å². The largest absolute Gasteiger partial charge is 0.481 e. The maximum Gasteiger partial charge on any atom is 0.261 e. The van der Waals surface area contributed by atoms with Crippen molar-refractivity contribution < 1.29 is 17.9 Å². The molecule has 0 saturated carbocycles. The van der Waals surface area contributed by atoms with Gasteiger partial charge < -0.3 is 10.1 Å². The molecule has 26 heavy (non-hydrogen) atoms. The number of amides is 1. The van der Waals surface area contributed by atoms with Crippen molar-refractivity contribution in [2.75, 3.05) is 11.8 Å². The molecule has 0 heterocycles. The Hall–Kier alpha value is -1.67. The van der Waals surface area contributed by atoms with Crippen LogP contribution in [-0.2, 0) is 14.8 Å². The van der Waals surface area contributed by atoms with Gasteiger partial charge in [-0.2, -0.15) is 0 Å². The standard InChI is InChI=1S/C16H15Cl3N2O4S/c1-9(16(22)20-2)25-10-3-5-11(6-4-10)26(23,24)21-15-8-13(18)12(17)7-14(15)19/h3-9,21H,1-2H3,(H,20,22)/t9-/m0/s1. The number of hydrogen-bond donors (Lipinski definition) is 2. The van der Waals surface area contributed by atoms with Crippen LogP contribution in [0.2, 0.25) is 15.1 Å². The predicted molar refractivity (Wildman–Crippen MR) is 103 cm³/mol. The van der Waals surface area contributed by atoms with Crippen LogP contribution in [0.3, 0.4) is 0 Å². The number of halogens is 3. The summed E-state index contributed by atoms with van der Waals surface area (Å²) in [4.78, 5) is 11.4. The zero-order valence-corrected chi connectivity index (χ0v) is 16.8. The summed E-state index contributed by atoms with van der Waals surface area (Å²) in [5.41, 5.74) is 0.106. The van der Waals surface area contributed by atoms with E-state index in [1.165, 1.54) is 43.4 Å². The second-order valence-electron chi connectivity index (χ2n) is 5.20. The van der Waals surface area contributed by atoms with Crippen LogP contribution in [0.1, 0.15) is 6.92 Å². The molecular formula is C16H15Cl3N2O4S. The van der Waals surface area contributed by atoms with Crippen LogP contribution in [0.25, 0.3) is 0 Å². The van der Waals surface area contributed by atoms with E-state index in [1.807, 2.05) is 0 Å². The molecule has 10 heteroatoms. The highest BCUT2D eigenvalue weighted by molar-refractivity contribution is 7.92. The third kappa shape index (κ3) is 4.94. The van der Waals surface area contributed by atoms with Crippen molar-refractivity contribution in [1.29, 1.82) is 0 Å². The zero-order valence-electron chi connectivity index (χ0n) is 13.7. The van der Waals surface area contributed by atoms with Crippen molar-refractivity contribution in [2.45, 2.75) is 17.9 Å². The van der Waals surface area contributed by atoms with E-state index in [2.05, 4.69) is 10.0 Å². The Morgan fingerprint density at radius 1 is 1.04 bits per heavy atom. The Morgan fingerprint density at radius 2 is 1.62 bits per heavy atom. The van der Waals surface area contributed by atoms with E-state index in [1.54, 1.807) is 6.92 Å². The van der Waals surface area contributed by atoms with Gasteiger partial charge in [-0.1, -0.05) is 34.8 Å². The van der Waals surface area contributed by atoms with Crippen molar-refractivity contribution in [1.82, 2.24) is 5.32 Å². The molecule has 2 N–H and O–H groups in total. The second kappa shape index (κ2) is 8.35. The van der Waals surface area contributed by atoms with E-state index in [9.17, 15) is 13.2 Å². The van der Waals surface area contributed by atoms with E-state index in [-0.39, 0.29) is 31.6 Å². The smallest absolute Gasteiger partial charge is 0.261 e. The number of benzene rings is 2. The zero-order chi connectivity index (χ0) is 19.5. The Balaban J connectivity index is 2.19. The molecule has 0 bridgehead atoms. The number of sulfonamides is 1. The fraction of sp³-hybridized carbons (Fsp3) is 0.188. The summed E-state index contributed by atoms with van der Waals surface area (Å²) in [5, 5.41) is 2.95. The molecule has 1 atom stereocenters. The molecule has 0 aliphatic heterocycles. The minimum absolute atomic E-state index is 0.0143. The third-order valence-corrected chi connectivity index (χ3v) is 5.73. The van der Waals surface area contributed by atoms with Crippen LogP contribution in [0.4, 0.5) is 5.69 Å². The number of anilines is 1. The first-order chi connectivity index (χ1) is 12.1. The van der Waals surface area contributed by atoms with Crippen molar-refractivity contribution in [3.05, 3.63) is 51.5 Å². The Labute approximate surface area is 166 Å². The highest BCUT2D eigenvalue weighted by Crippen LogP contribution is 2.33. The number of carbonyl (C=O) groups is 1. The van der Waals surface area contributed by atoms with E-state index in [0.717, 1.165) is 0 Å².